The van der Waals surface area contributed by atoms with Crippen LogP contribution in [0.15, 0.2) is 48.5 Å². The number of aromatic amines is 1. The van der Waals surface area contributed by atoms with Crippen LogP contribution in [0.25, 0.3) is 11.4 Å². The minimum absolute atomic E-state index is 0.0827. The summed E-state index contributed by atoms with van der Waals surface area (Å²) in [4.78, 5) is 24.8. The van der Waals surface area contributed by atoms with Crippen LogP contribution in [0, 0.1) is 11.7 Å². The van der Waals surface area contributed by atoms with E-state index in [1.165, 1.54) is 22.8 Å². The maximum Gasteiger partial charge on any atom is 0.405 e. The summed E-state index contributed by atoms with van der Waals surface area (Å²) in [6, 6.07) is 13.3. The minimum atomic E-state index is -4.54. The zero-order valence-corrected chi connectivity index (χ0v) is 17.1. The van der Waals surface area contributed by atoms with Crippen molar-refractivity contribution in [2.24, 2.45) is 0 Å². The monoisotopic (exact) mass is 449 g/mol. The predicted octanol–water partition coefficient (Wildman–Crippen LogP) is 3.85. The standard InChI is InChI=1S/C20H18F3N5O2S/c1-12-5-4-6-13(9-12)17-26-27-19(31)28(17)10-16(29)25-15-8-3-2-7-14(15)18(30)24-11-20(21,22)23/h2-9H,10-11H2,1H3,(H,24,30)(H,25,29)(H,27,31). The van der Waals surface area contributed by atoms with Crippen LogP contribution >= 0.6 is 12.2 Å². The van der Waals surface area contributed by atoms with Gasteiger partial charge in [0.15, 0.2) is 10.6 Å². The van der Waals surface area contributed by atoms with Crippen LogP contribution < -0.4 is 10.6 Å². The largest absolute Gasteiger partial charge is 0.405 e. The highest BCUT2D eigenvalue weighted by molar-refractivity contribution is 7.71. The molecule has 31 heavy (non-hydrogen) atoms. The van der Waals surface area contributed by atoms with E-state index >= 15 is 0 Å². The third-order valence-electron chi connectivity index (χ3n) is 4.23. The van der Waals surface area contributed by atoms with Crippen molar-refractivity contribution in [3.8, 4) is 11.4 Å². The van der Waals surface area contributed by atoms with Crippen molar-refractivity contribution in [2.45, 2.75) is 19.6 Å². The number of rotatable bonds is 6. The second kappa shape index (κ2) is 9.13. The molecule has 2 amide bonds. The summed E-state index contributed by atoms with van der Waals surface area (Å²) in [5.41, 5.74) is 1.75. The topological polar surface area (TPSA) is 91.8 Å². The quantitative estimate of drug-likeness (QED) is 0.499. The fraction of sp³-hybridized carbons (Fsp3) is 0.200. The van der Waals surface area contributed by atoms with Crippen LogP contribution in [-0.2, 0) is 11.3 Å². The molecule has 3 N–H and O–H groups in total. The fourth-order valence-corrected chi connectivity index (χ4v) is 3.06. The fourth-order valence-electron chi connectivity index (χ4n) is 2.87. The first-order valence-corrected chi connectivity index (χ1v) is 9.51. The number of nitrogens with zero attached hydrogens (tertiary/aromatic N) is 2. The minimum Gasteiger partial charge on any atom is -0.343 e. The van der Waals surface area contributed by atoms with E-state index in [0.29, 0.717) is 5.82 Å². The van der Waals surface area contributed by atoms with Crippen LogP contribution in [0.3, 0.4) is 0 Å². The Morgan fingerprint density at radius 2 is 1.90 bits per heavy atom. The van der Waals surface area contributed by atoms with E-state index in [9.17, 15) is 22.8 Å². The van der Waals surface area contributed by atoms with Gasteiger partial charge >= 0.3 is 6.18 Å². The van der Waals surface area contributed by atoms with Crippen LogP contribution in [0.5, 0.6) is 0 Å². The predicted molar refractivity (Wildman–Crippen MR) is 111 cm³/mol. The first kappa shape index (κ1) is 22.2. The molecule has 0 saturated carbocycles. The lowest BCUT2D eigenvalue weighted by atomic mass is 10.1. The summed E-state index contributed by atoms with van der Waals surface area (Å²) in [6.07, 6.45) is -4.54. The SMILES string of the molecule is Cc1cccc(-c2n[nH]c(=S)n2CC(=O)Nc2ccccc2C(=O)NCC(F)(F)F)c1. The number of halogens is 3. The number of H-pyrrole nitrogens is 1. The van der Waals surface area contributed by atoms with E-state index in [1.807, 2.05) is 31.2 Å². The number of hydrogen-bond acceptors (Lipinski definition) is 4. The van der Waals surface area contributed by atoms with E-state index in [-0.39, 0.29) is 22.6 Å². The zero-order valence-electron chi connectivity index (χ0n) is 16.3. The van der Waals surface area contributed by atoms with Crippen molar-refractivity contribution < 1.29 is 22.8 Å². The van der Waals surface area contributed by atoms with Gasteiger partial charge in [-0.05, 0) is 37.3 Å². The molecule has 1 aromatic heterocycles. The maximum absolute atomic E-state index is 12.6. The van der Waals surface area contributed by atoms with Crippen LogP contribution in [-0.4, -0.2) is 39.3 Å². The molecule has 7 nitrogen and oxygen atoms in total. The maximum atomic E-state index is 12.6. The molecule has 0 aliphatic carbocycles. The number of carbonyl (C=O) groups is 2. The van der Waals surface area contributed by atoms with Gasteiger partial charge in [0.05, 0.1) is 11.3 Å². The second-order valence-corrected chi connectivity index (χ2v) is 7.09. The molecule has 0 atom stereocenters. The Bertz CT molecular complexity index is 1170. The Hall–Kier alpha value is -3.47. The van der Waals surface area contributed by atoms with E-state index in [1.54, 1.807) is 11.4 Å². The summed E-state index contributed by atoms with van der Waals surface area (Å²) >= 11 is 5.22. The highest BCUT2D eigenvalue weighted by Gasteiger charge is 2.28. The van der Waals surface area contributed by atoms with Crippen LogP contribution in [0.4, 0.5) is 18.9 Å². The number of hydrogen-bond donors (Lipinski definition) is 3. The van der Waals surface area contributed by atoms with Gasteiger partial charge in [0.25, 0.3) is 5.91 Å². The third-order valence-corrected chi connectivity index (χ3v) is 4.54. The first-order valence-electron chi connectivity index (χ1n) is 9.10. The Balaban J connectivity index is 1.78. The molecule has 3 rings (SSSR count). The number of anilines is 1. The number of amides is 2. The number of carbonyl (C=O) groups excluding carboxylic acids is 2. The summed E-state index contributed by atoms with van der Waals surface area (Å²) in [7, 11) is 0. The molecule has 0 radical (unpaired) electrons. The molecule has 3 aromatic rings. The molecule has 0 aliphatic heterocycles. The number of aromatic nitrogens is 3. The van der Waals surface area contributed by atoms with Gasteiger partial charge in [-0.25, -0.2) is 0 Å². The van der Waals surface area contributed by atoms with E-state index < -0.39 is 24.5 Å². The number of nitrogens with one attached hydrogen (secondary N) is 3. The highest BCUT2D eigenvalue weighted by Crippen LogP contribution is 2.20. The molecule has 0 unspecified atom stereocenters. The second-order valence-electron chi connectivity index (χ2n) is 6.70. The van der Waals surface area contributed by atoms with Crippen LogP contribution in [0.1, 0.15) is 15.9 Å². The molecule has 0 spiro atoms. The number of alkyl halides is 3. The average molecular weight is 449 g/mol. The van der Waals surface area contributed by atoms with Crippen molar-refractivity contribution in [1.29, 1.82) is 0 Å². The summed E-state index contributed by atoms with van der Waals surface area (Å²) < 4.78 is 38.9. The molecule has 162 valence electrons. The van der Waals surface area contributed by atoms with Crippen molar-refractivity contribution in [1.82, 2.24) is 20.1 Å². The van der Waals surface area contributed by atoms with E-state index in [0.717, 1.165) is 11.1 Å². The van der Waals surface area contributed by atoms with E-state index in [2.05, 4.69) is 15.5 Å². The van der Waals surface area contributed by atoms with Crippen molar-refractivity contribution >= 4 is 29.7 Å². The molecule has 0 saturated heterocycles. The van der Waals surface area contributed by atoms with Gasteiger partial charge in [-0.15, -0.1) is 0 Å². The average Bonchev–Trinajstić information content (AvgIpc) is 3.06. The van der Waals surface area contributed by atoms with Gasteiger partial charge < -0.3 is 10.6 Å². The lowest BCUT2D eigenvalue weighted by Crippen LogP contribution is -2.34. The molecule has 2 aromatic carbocycles. The molecule has 0 fully saturated rings. The van der Waals surface area contributed by atoms with Gasteiger partial charge in [0, 0.05) is 5.56 Å². The van der Waals surface area contributed by atoms with Crippen molar-refractivity contribution in [3.63, 3.8) is 0 Å². The van der Waals surface area contributed by atoms with Gasteiger partial charge in [-0.3, -0.25) is 19.3 Å². The lowest BCUT2D eigenvalue weighted by molar-refractivity contribution is -0.123. The normalized spacial score (nSPS) is 11.2. The van der Waals surface area contributed by atoms with Gasteiger partial charge in [0.1, 0.15) is 13.1 Å². The molecule has 0 bridgehead atoms. The Labute approximate surface area is 180 Å². The van der Waals surface area contributed by atoms with Crippen LogP contribution in [0.2, 0.25) is 0 Å². The highest BCUT2D eigenvalue weighted by atomic mass is 32.1. The lowest BCUT2D eigenvalue weighted by Gasteiger charge is -2.13. The third kappa shape index (κ3) is 5.79. The van der Waals surface area contributed by atoms with Gasteiger partial charge in [0.2, 0.25) is 5.91 Å². The smallest absolute Gasteiger partial charge is 0.343 e. The molecule has 0 aliphatic rings. The molecular formula is C20H18F3N5O2S. The summed E-state index contributed by atoms with van der Waals surface area (Å²) in [5.74, 6) is -1.02. The van der Waals surface area contributed by atoms with E-state index in [4.69, 9.17) is 12.2 Å². The summed E-state index contributed by atoms with van der Waals surface area (Å²) in [5, 5.41) is 11.2. The molecule has 11 heteroatoms. The Morgan fingerprint density at radius 1 is 1.16 bits per heavy atom. The van der Waals surface area contributed by atoms with Gasteiger partial charge in [-0.2, -0.15) is 18.3 Å². The van der Waals surface area contributed by atoms with Crippen molar-refractivity contribution in [2.75, 3.05) is 11.9 Å². The Kier molecular flexibility index (Phi) is 6.54. The molecule has 1 heterocycles. The summed E-state index contributed by atoms with van der Waals surface area (Å²) in [6.45, 7) is 0.234. The molecular weight excluding hydrogens is 431 g/mol. The first-order chi connectivity index (χ1) is 14.6. The number of para-hydroxylation sites is 1. The Morgan fingerprint density at radius 3 is 2.61 bits per heavy atom. The zero-order chi connectivity index (χ0) is 22.6. The van der Waals surface area contributed by atoms with Crippen molar-refractivity contribution in [3.05, 3.63) is 64.4 Å². The van der Waals surface area contributed by atoms with Gasteiger partial charge in [-0.1, -0.05) is 35.9 Å². The number of aryl methyl sites for hydroxylation is 1. The number of benzene rings is 2.